The highest BCUT2D eigenvalue weighted by atomic mass is 15.3. The van der Waals surface area contributed by atoms with E-state index in [9.17, 15) is 0 Å². The van der Waals surface area contributed by atoms with Crippen molar-refractivity contribution in [3.63, 3.8) is 0 Å². The van der Waals surface area contributed by atoms with Crippen molar-refractivity contribution in [3.8, 4) is 0 Å². The second-order valence-electron chi connectivity index (χ2n) is 4.58. The zero-order valence-electron chi connectivity index (χ0n) is 11.0. The van der Waals surface area contributed by atoms with Crippen molar-refractivity contribution in [2.45, 2.75) is 38.8 Å². The second-order valence-corrected chi connectivity index (χ2v) is 4.58. The molecule has 2 fully saturated rings. The van der Waals surface area contributed by atoms with Crippen molar-refractivity contribution in [2.75, 3.05) is 25.0 Å². The van der Waals surface area contributed by atoms with Gasteiger partial charge in [-0.3, -0.25) is 4.98 Å². The minimum absolute atomic E-state index is 0.644. The molecule has 2 atom stereocenters. The molecular weight excluding hydrogens is 212 g/mol. The summed E-state index contributed by atoms with van der Waals surface area (Å²) in [5.74, 6) is 1.05. The molecule has 0 aliphatic carbocycles. The van der Waals surface area contributed by atoms with Gasteiger partial charge in [-0.05, 0) is 19.9 Å². The minimum Gasteiger partial charge on any atom is -0.347 e. The Morgan fingerprint density at radius 1 is 1.12 bits per heavy atom. The Labute approximate surface area is 104 Å². The van der Waals surface area contributed by atoms with Crippen LogP contribution in [-0.2, 0) is 0 Å². The van der Waals surface area contributed by atoms with Gasteiger partial charge < -0.3 is 9.80 Å². The zero-order valence-corrected chi connectivity index (χ0v) is 11.0. The first-order valence-corrected chi connectivity index (χ1v) is 6.57. The normalized spacial score (nSPS) is 27.6. The third-order valence-corrected chi connectivity index (χ3v) is 3.48. The molecule has 17 heavy (non-hydrogen) atoms. The van der Waals surface area contributed by atoms with Gasteiger partial charge in [0.2, 0.25) is 0 Å². The number of rotatable bonds is 1. The summed E-state index contributed by atoms with van der Waals surface area (Å²) in [6.45, 7) is 6.32. The number of hydrogen-bond donors (Lipinski definition) is 0. The van der Waals surface area contributed by atoms with Crippen molar-refractivity contribution in [1.82, 2.24) is 14.9 Å². The van der Waals surface area contributed by atoms with Gasteiger partial charge in [-0.15, -0.1) is 0 Å². The van der Waals surface area contributed by atoms with E-state index in [2.05, 4.69) is 26.8 Å². The lowest BCUT2D eigenvalue weighted by Gasteiger charge is -2.40. The topological polar surface area (TPSA) is 32.3 Å². The highest BCUT2D eigenvalue weighted by Gasteiger charge is 2.39. The molecule has 1 aromatic heterocycles. The molecule has 2 aliphatic rings. The molecule has 0 N–H and O–H groups in total. The van der Waals surface area contributed by atoms with E-state index >= 15 is 0 Å². The fourth-order valence-corrected chi connectivity index (χ4v) is 2.91. The lowest BCUT2D eigenvalue weighted by molar-refractivity contribution is 0.263. The quantitative estimate of drug-likeness (QED) is 0.741. The molecule has 0 saturated carbocycles. The predicted octanol–water partition coefficient (Wildman–Crippen LogP) is 1.79. The standard InChI is InChI=1S/C11H16N4.C2H6/c1-14-7-9-2-3-10(8-14)15(9)11-6-12-4-5-13-11;1-2/h4-6,9-10H,2-3,7-8H2,1H3;1-2H3. The number of nitrogens with zero attached hydrogens (tertiary/aromatic N) is 4. The van der Waals surface area contributed by atoms with Gasteiger partial charge in [0, 0.05) is 37.6 Å². The van der Waals surface area contributed by atoms with E-state index in [1.807, 2.05) is 20.0 Å². The molecule has 0 radical (unpaired) electrons. The molecule has 2 aliphatic heterocycles. The summed E-state index contributed by atoms with van der Waals surface area (Å²) in [6, 6.07) is 1.29. The third-order valence-electron chi connectivity index (χ3n) is 3.48. The van der Waals surface area contributed by atoms with Gasteiger partial charge in [-0.1, -0.05) is 13.8 Å². The molecule has 4 heteroatoms. The largest absolute Gasteiger partial charge is 0.347 e. The molecule has 0 spiro atoms. The fraction of sp³-hybridized carbons (Fsp3) is 0.692. The van der Waals surface area contributed by atoms with Crippen LogP contribution in [0.2, 0.25) is 0 Å². The van der Waals surface area contributed by atoms with E-state index in [0.717, 1.165) is 18.9 Å². The molecule has 2 bridgehead atoms. The van der Waals surface area contributed by atoms with E-state index in [1.165, 1.54) is 12.8 Å². The molecule has 4 nitrogen and oxygen atoms in total. The number of fused-ring (bicyclic) bond motifs is 2. The molecule has 3 heterocycles. The SMILES string of the molecule is CC.CN1CC2CCC(C1)N2c1cnccn1. The van der Waals surface area contributed by atoms with Crippen LogP contribution in [0.15, 0.2) is 18.6 Å². The van der Waals surface area contributed by atoms with Crippen molar-refractivity contribution >= 4 is 5.82 Å². The van der Waals surface area contributed by atoms with Crippen LogP contribution in [0.4, 0.5) is 5.82 Å². The van der Waals surface area contributed by atoms with Gasteiger partial charge in [0.05, 0.1) is 6.20 Å². The van der Waals surface area contributed by atoms with Crippen LogP contribution < -0.4 is 4.90 Å². The van der Waals surface area contributed by atoms with E-state index in [1.54, 1.807) is 12.4 Å². The number of hydrogen-bond acceptors (Lipinski definition) is 4. The lowest BCUT2D eigenvalue weighted by Crippen LogP contribution is -2.52. The van der Waals surface area contributed by atoms with E-state index in [4.69, 9.17) is 0 Å². The average molecular weight is 234 g/mol. The highest BCUT2D eigenvalue weighted by molar-refractivity contribution is 5.41. The fourth-order valence-electron chi connectivity index (χ4n) is 2.91. The number of piperazine rings is 1. The van der Waals surface area contributed by atoms with Gasteiger partial charge in [0.25, 0.3) is 0 Å². The first-order valence-electron chi connectivity index (χ1n) is 6.57. The molecular formula is C13H22N4. The highest BCUT2D eigenvalue weighted by Crippen LogP contribution is 2.32. The Morgan fingerprint density at radius 2 is 1.76 bits per heavy atom. The van der Waals surface area contributed by atoms with Gasteiger partial charge in [-0.25, -0.2) is 4.98 Å². The Kier molecular flexibility index (Phi) is 3.94. The van der Waals surface area contributed by atoms with Gasteiger partial charge in [-0.2, -0.15) is 0 Å². The Morgan fingerprint density at radius 3 is 2.29 bits per heavy atom. The maximum absolute atomic E-state index is 4.41. The summed E-state index contributed by atoms with van der Waals surface area (Å²) in [7, 11) is 2.21. The van der Waals surface area contributed by atoms with Crippen LogP contribution in [0.5, 0.6) is 0 Å². The van der Waals surface area contributed by atoms with Crippen LogP contribution in [0.3, 0.4) is 0 Å². The van der Waals surface area contributed by atoms with Crippen LogP contribution in [0, 0.1) is 0 Å². The first-order chi connectivity index (χ1) is 8.34. The monoisotopic (exact) mass is 234 g/mol. The van der Waals surface area contributed by atoms with Gasteiger partial charge in [0.15, 0.2) is 0 Å². The molecule has 3 rings (SSSR count). The molecule has 0 aromatic carbocycles. The van der Waals surface area contributed by atoms with Crippen molar-refractivity contribution < 1.29 is 0 Å². The second kappa shape index (κ2) is 5.45. The summed E-state index contributed by atoms with van der Waals surface area (Å²) in [4.78, 5) is 13.5. The minimum atomic E-state index is 0.644. The van der Waals surface area contributed by atoms with Crippen LogP contribution >= 0.6 is 0 Å². The summed E-state index contributed by atoms with van der Waals surface area (Å²) in [5, 5.41) is 0. The van der Waals surface area contributed by atoms with Gasteiger partial charge >= 0.3 is 0 Å². The molecule has 94 valence electrons. The Hall–Kier alpha value is -1.16. The summed E-state index contributed by atoms with van der Waals surface area (Å²) < 4.78 is 0. The maximum Gasteiger partial charge on any atom is 0.147 e. The van der Waals surface area contributed by atoms with E-state index < -0.39 is 0 Å². The number of likely N-dealkylation sites (tertiary alicyclic amines) is 1. The number of likely N-dealkylation sites (N-methyl/N-ethyl adjacent to an activating group) is 1. The van der Waals surface area contributed by atoms with Crippen LogP contribution in [0.25, 0.3) is 0 Å². The maximum atomic E-state index is 4.41. The molecule has 2 unspecified atom stereocenters. The smallest absolute Gasteiger partial charge is 0.147 e. The predicted molar refractivity (Wildman–Crippen MR) is 70.2 cm³/mol. The van der Waals surface area contributed by atoms with Crippen LogP contribution in [-0.4, -0.2) is 47.1 Å². The number of aromatic nitrogens is 2. The van der Waals surface area contributed by atoms with Gasteiger partial charge in [0.1, 0.15) is 5.82 Å². The van der Waals surface area contributed by atoms with Crippen molar-refractivity contribution in [2.24, 2.45) is 0 Å². The zero-order chi connectivity index (χ0) is 12.3. The van der Waals surface area contributed by atoms with E-state index in [0.29, 0.717) is 12.1 Å². The lowest BCUT2D eigenvalue weighted by atomic mass is 10.2. The van der Waals surface area contributed by atoms with Crippen molar-refractivity contribution in [3.05, 3.63) is 18.6 Å². The average Bonchev–Trinajstić information content (AvgIpc) is 2.65. The summed E-state index contributed by atoms with van der Waals surface area (Å²) >= 11 is 0. The third kappa shape index (κ3) is 2.41. The Balaban J connectivity index is 0.000000514. The van der Waals surface area contributed by atoms with Crippen molar-refractivity contribution in [1.29, 1.82) is 0 Å². The Bertz CT molecular complexity index is 327. The molecule has 1 aromatic rings. The summed E-state index contributed by atoms with van der Waals surface area (Å²) in [6.07, 6.45) is 8.00. The van der Waals surface area contributed by atoms with Crippen LogP contribution in [0.1, 0.15) is 26.7 Å². The van der Waals surface area contributed by atoms with E-state index in [-0.39, 0.29) is 0 Å². The molecule has 0 amide bonds. The summed E-state index contributed by atoms with van der Waals surface area (Å²) in [5.41, 5.74) is 0. The number of anilines is 1. The molecule has 2 saturated heterocycles. The first kappa shape index (κ1) is 12.3.